The van der Waals surface area contributed by atoms with Gasteiger partial charge in [-0.3, -0.25) is 14.0 Å². The molecule has 3 heterocycles. The number of nitrogens with one attached hydrogen (secondary N) is 1. The number of fused-ring (bicyclic) bond motifs is 1. The summed E-state index contributed by atoms with van der Waals surface area (Å²) in [5.74, 6) is -0.449. The molecule has 2 aromatic heterocycles. The standard InChI is InChI=1S/C26H26FN7O/c1-16-24(26(35)29-20-5-4-10-32(2)15-20)30-25(17-6-7-18(13-28)22(27)12-17)34(16)21-8-9-23-19(11-21)14-33(3)31-23/h6-9,11-12,14,20H,4-5,10,15H2,1-3H3,(H,29,35)/t20-/m1/s1. The molecule has 5 rings (SSSR count). The number of carbonyl (C=O) groups is 1. The van der Waals surface area contributed by atoms with Gasteiger partial charge in [0, 0.05) is 42.5 Å². The Morgan fingerprint density at radius 2 is 2.06 bits per heavy atom. The number of likely N-dealkylation sites (N-methyl/N-ethyl adjacent to an activating group) is 1. The fraction of sp³-hybridized carbons (Fsp3) is 0.308. The van der Waals surface area contributed by atoms with Crippen LogP contribution in [-0.4, -0.2) is 56.3 Å². The monoisotopic (exact) mass is 471 g/mol. The summed E-state index contributed by atoms with van der Waals surface area (Å²) in [6.45, 7) is 3.65. The second-order valence-corrected chi connectivity index (χ2v) is 9.13. The lowest BCUT2D eigenvalue weighted by Gasteiger charge is -2.30. The van der Waals surface area contributed by atoms with Crippen LogP contribution in [0.25, 0.3) is 28.0 Å². The van der Waals surface area contributed by atoms with E-state index < -0.39 is 5.82 Å². The number of carbonyl (C=O) groups excluding carboxylic acids is 1. The van der Waals surface area contributed by atoms with Crippen molar-refractivity contribution in [3.63, 3.8) is 0 Å². The first kappa shape index (κ1) is 22.7. The molecule has 0 radical (unpaired) electrons. The van der Waals surface area contributed by atoms with E-state index in [1.165, 1.54) is 12.1 Å². The van der Waals surface area contributed by atoms with Crippen molar-refractivity contribution in [1.82, 2.24) is 29.5 Å². The Balaban J connectivity index is 1.62. The summed E-state index contributed by atoms with van der Waals surface area (Å²) in [5.41, 5.74) is 3.01. The summed E-state index contributed by atoms with van der Waals surface area (Å²) in [5, 5.41) is 17.6. The Morgan fingerprint density at radius 1 is 1.23 bits per heavy atom. The van der Waals surface area contributed by atoms with Crippen molar-refractivity contribution in [2.45, 2.75) is 25.8 Å². The molecule has 4 aromatic rings. The maximum absolute atomic E-state index is 14.5. The van der Waals surface area contributed by atoms with Crippen LogP contribution >= 0.6 is 0 Å². The predicted octanol–water partition coefficient (Wildman–Crippen LogP) is 3.57. The Labute approximate surface area is 202 Å². The molecule has 35 heavy (non-hydrogen) atoms. The molecule has 8 nitrogen and oxygen atoms in total. The van der Waals surface area contributed by atoms with Gasteiger partial charge in [0.1, 0.15) is 23.4 Å². The third-order valence-electron chi connectivity index (χ3n) is 6.49. The Morgan fingerprint density at radius 3 is 2.80 bits per heavy atom. The highest BCUT2D eigenvalue weighted by Gasteiger charge is 2.26. The summed E-state index contributed by atoms with van der Waals surface area (Å²) in [6, 6.07) is 12.1. The molecule has 0 spiro atoms. The van der Waals surface area contributed by atoms with Crippen molar-refractivity contribution in [3.8, 4) is 23.1 Å². The fourth-order valence-corrected chi connectivity index (χ4v) is 4.78. The number of benzene rings is 2. The lowest BCUT2D eigenvalue weighted by atomic mass is 10.1. The van der Waals surface area contributed by atoms with E-state index in [0.29, 0.717) is 22.8 Å². The Kier molecular flexibility index (Phi) is 5.83. The van der Waals surface area contributed by atoms with E-state index in [-0.39, 0.29) is 17.5 Å². The van der Waals surface area contributed by atoms with Crippen molar-refractivity contribution >= 4 is 16.8 Å². The third-order valence-corrected chi connectivity index (χ3v) is 6.49. The number of aromatic nitrogens is 4. The van der Waals surface area contributed by atoms with Crippen LogP contribution in [0, 0.1) is 24.1 Å². The van der Waals surface area contributed by atoms with E-state index in [1.807, 2.05) is 56.1 Å². The van der Waals surface area contributed by atoms with E-state index >= 15 is 0 Å². The number of amides is 1. The molecule has 2 aromatic carbocycles. The van der Waals surface area contributed by atoms with Gasteiger partial charge in [-0.25, -0.2) is 9.37 Å². The lowest BCUT2D eigenvalue weighted by molar-refractivity contribution is 0.0907. The van der Waals surface area contributed by atoms with Crippen LogP contribution < -0.4 is 5.32 Å². The minimum atomic E-state index is -0.629. The average molecular weight is 472 g/mol. The van der Waals surface area contributed by atoms with Crippen LogP contribution in [-0.2, 0) is 7.05 Å². The molecule has 9 heteroatoms. The van der Waals surface area contributed by atoms with E-state index in [1.54, 1.807) is 10.7 Å². The maximum Gasteiger partial charge on any atom is 0.272 e. The quantitative estimate of drug-likeness (QED) is 0.491. The summed E-state index contributed by atoms with van der Waals surface area (Å²) in [4.78, 5) is 20.2. The van der Waals surface area contributed by atoms with Crippen molar-refractivity contribution in [2.75, 3.05) is 20.1 Å². The molecular formula is C26H26FN7O. The summed E-state index contributed by atoms with van der Waals surface area (Å²) in [7, 11) is 3.91. The van der Waals surface area contributed by atoms with Gasteiger partial charge in [-0.05, 0) is 69.8 Å². The van der Waals surface area contributed by atoms with Crippen LogP contribution in [0.5, 0.6) is 0 Å². The van der Waals surface area contributed by atoms with Gasteiger partial charge in [-0.15, -0.1) is 0 Å². The smallest absolute Gasteiger partial charge is 0.272 e. The van der Waals surface area contributed by atoms with Gasteiger partial charge in [-0.2, -0.15) is 10.4 Å². The molecule has 1 fully saturated rings. The molecular weight excluding hydrogens is 445 g/mol. The predicted molar refractivity (Wildman–Crippen MR) is 131 cm³/mol. The van der Waals surface area contributed by atoms with Gasteiger partial charge in [-0.1, -0.05) is 0 Å². The molecule has 1 aliphatic heterocycles. The highest BCUT2D eigenvalue weighted by atomic mass is 19.1. The van der Waals surface area contributed by atoms with E-state index in [2.05, 4.69) is 20.3 Å². The van der Waals surface area contributed by atoms with Gasteiger partial charge in [0.05, 0.1) is 16.8 Å². The van der Waals surface area contributed by atoms with Crippen molar-refractivity contribution in [1.29, 1.82) is 5.26 Å². The summed E-state index contributed by atoms with van der Waals surface area (Å²) < 4.78 is 18.1. The molecule has 178 valence electrons. The summed E-state index contributed by atoms with van der Waals surface area (Å²) in [6.07, 6.45) is 3.86. The zero-order valence-corrected chi connectivity index (χ0v) is 19.9. The number of nitrogens with zero attached hydrogens (tertiary/aromatic N) is 6. The highest BCUT2D eigenvalue weighted by molar-refractivity contribution is 5.95. The first-order valence-corrected chi connectivity index (χ1v) is 11.6. The highest BCUT2D eigenvalue weighted by Crippen LogP contribution is 2.29. The minimum absolute atomic E-state index is 0.0419. The number of hydrogen-bond donors (Lipinski definition) is 1. The van der Waals surface area contributed by atoms with Crippen LogP contribution in [0.4, 0.5) is 4.39 Å². The number of hydrogen-bond acceptors (Lipinski definition) is 5. The van der Waals surface area contributed by atoms with Crippen LogP contribution in [0.2, 0.25) is 0 Å². The second kappa shape index (κ2) is 8.96. The van der Waals surface area contributed by atoms with Crippen LogP contribution in [0.15, 0.2) is 42.6 Å². The van der Waals surface area contributed by atoms with Crippen molar-refractivity contribution in [2.24, 2.45) is 7.05 Å². The minimum Gasteiger partial charge on any atom is -0.347 e. The van der Waals surface area contributed by atoms with Gasteiger partial charge in [0.25, 0.3) is 5.91 Å². The molecule has 0 unspecified atom stereocenters. The van der Waals surface area contributed by atoms with Crippen LogP contribution in [0.1, 0.15) is 34.6 Å². The topological polar surface area (TPSA) is 91.8 Å². The van der Waals surface area contributed by atoms with Crippen molar-refractivity contribution in [3.05, 3.63) is 65.4 Å². The molecule has 0 aliphatic carbocycles. The lowest BCUT2D eigenvalue weighted by Crippen LogP contribution is -2.46. The first-order chi connectivity index (χ1) is 16.8. The van der Waals surface area contributed by atoms with Gasteiger partial charge < -0.3 is 10.2 Å². The van der Waals surface area contributed by atoms with E-state index in [0.717, 1.165) is 42.5 Å². The number of halogens is 1. The zero-order chi connectivity index (χ0) is 24.7. The third kappa shape index (κ3) is 4.29. The van der Waals surface area contributed by atoms with Gasteiger partial charge >= 0.3 is 0 Å². The SMILES string of the molecule is Cc1c(C(=O)N[C@@H]2CCCN(C)C2)nc(-c2ccc(C#N)c(F)c2)n1-c1ccc2nn(C)cc2c1. The Hall–Kier alpha value is -4.03. The molecule has 1 saturated heterocycles. The number of likely N-dealkylation sites (tertiary alicyclic amines) is 1. The summed E-state index contributed by atoms with van der Waals surface area (Å²) >= 11 is 0. The largest absolute Gasteiger partial charge is 0.347 e. The van der Waals surface area contributed by atoms with E-state index in [9.17, 15) is 9.18 Å². The van der Waals surface area contributed by atoms with Gasteiger partial charge in [0.15, 0.2) is 0 Å². The van der Waals surface area contributed by atoms with Crippen molar-refractivity contribution < 1.29 is 9.18 Å². The van der Waals surface area contributed by atoms with Gasteiger partial charge in [0.2, 0.25) is 0 Å². The molecule has 1 amide bonds. The number of rotatable bonds is 4. The van der Waals surface area contributed by atoms with Crippen LogP contribution in [0.3, 0.4) is 0 Å². The zero-order valence-electron chi connectivity index (χ0n) is 19.9. The number of piperidine rings is 1. The van der Waals surface area contributed by atoms with E-state index in [4.69, 9.17) is 5.26 Å². The Bertz CT molecular complexity index is 1480. The second-order valence-electron chi connectivity index (χ2n) is 9.13. The molecule has 0 bridgehead atoms. The number of imidazole rings is 1. The maximum atomic E-state index is 14.5. The fourth-order valence-electron chi connectivity index (χ4n) is 4.78. The number of aryl methyl sites for hydroxylation is 1. The normalized spacial score (nSPS) is 16.4. The average Bonchev–Trinajstić information content (AvgIpc) is 3.37. The first-order valence-electron chi connectivity index (χ1n) is 11.6. The molecule has 1 atom stereocenters. The molecule has 0 saturated carbocycles. The molecule has 1 aliphatic rings. The molecule has 1 N–H and O–H groups in total. The number of nitriles is 1.